The number of aliphatic hydroxyl groups is 2. The van der Waals surface area contributed by atoms with Gasteiger partial charge in [-0.25, -0.2) is 0 Å². The largest absolute Gasteiger partial charge is 0.466 e. The predicted molar refractivity (Wildman–Crippen MR) is 403 cm³/mol. The Labute approximate surface area is 571 Å². The number of hydrogen-bond donors (Lipinski definition) is 3. The highest BCUT2D eigenvalue weighted by atomic mass is 16.5. The van der Waals surface area contributed by atoms with Crippen LogP contribution in [0.15, 0.2) is 24.3 Å². The molecule has 91 heavy (non-hydrogen) atoms. The number of nitrogens with one attached hydrogen (secondary N) is 1. The molecule has 0 bridgehead atoms. The number of carbonyl (C=O) groups is 2. The SMILES string of the molecule is CCCCCCCCCCCCCCCCCCCCCCCCCCCC(O)C(CO)NC(=O)CCCCCCCCCCCCCCCCCCC/C=C\C/C=C\CCCCCCCCCCCCCCCOC(=O)CCCCCCCCCCCCCC. The molecule has 0 aliphatic rings. The molecule has 0 saturated carbocycles. The average molecular weight is 1280 g/mol. The van der Waals surface area contributed by atoms with Gasteiger partial charge in [-0.1, -0.05) is 436 Å². The van der Waals surface area contributed by atoms with Gasteiger partial charge in [0.25, 0.3) is 0 Å². The summed E-state index contributed by atoms with van der Waals surface area (Å²) in [5, 5.41) is 23.5. The molecule has 2 atom stereocenters. The van der Waals surface area contributed by atoms with Crippen molar-refractivity contribution >= 4 is 11.9 Å². The van der Waals surface area contributed by atoms with Gasteiger partial charge in [-0.05, 0) is 57.8 Å². The van der Waals surface area contributed by atoms with Gasteiger partial charge in [-0.3, -0.25) is 9.59 Å². The van der Waals surface area contributed by atoms with Gasteiger partial charge in [0.1, 0.15) is 0 Å². The predicted octanol–water partition coefficient (Wildman–Crippen LogP) is 28.0. The van der Waals surface area contributed by atoms with Gasteiger partial charge < -0.3 is 20.3 Å². The van der Waals surface area contributed by atoms with Gasteiger partial charge in [0.15, 0.2) is 0 Å². The Bertz CT molecular complexity index is 1430. The zero-order chi connectivity index (χ0) is 65.6. The standard InChI is InChI=1S/C85H165NO5/c1-3-5-7-9-11-13-15-17-18-19-20-21-22-36-39-42-45-48-51-54-57-61-65-69-73-77-83(88)82(81-87)86-84(89)78-74-70-66-62-58-55-52-49-46-43-40-37-34-32-30-28-26-24-23-25-27-29-31-33-35-38-41-44-47-50-53-56-60-64-68-72-76-80-91-85(90)79-75-71-67-63-59-16-14-12-10-8-6-4-2/h23,25,29,31,82-83,87-88H,3-22,24,26-28,30,32-81H2,1-2H3,(H,86,89)/b25-23-,31-29-. The Balaban J connectivity index is 3.36. The summed E-state index contributed by atoms with van der Waals surface area (Å²) in [6.07, 6.45) is 104. The molecule has 0 saturated heterocycles. The van der Waals surface area contributed by atoms with E-state index in [1.54, 1.807) is 0 Å². The summed E-state index contributed by atoms with van der Waals surface area (Å²) in [4.78, 5) is 24.6. The van der Waals surface area contributed by atoms with Crippen molar-refractivity contribution in [2.75, 3.05) is 13.2 Å². The molecule has 0 aliphatic heterocycles. The minimum absolute atomic E-state index is 0.0205. The van der Waals surface area contributed by atoms with Gasteiger partial charge in [0.2, 0.25) is 5.91 Å². The van der Waals surface area contributed by atoms with E-state index in [1.165, 1.54) is 405 Å². The first-order chi connectivity index (χ1) is 45.0. The molecule has 0 aromatic heterocycles. The molecule has 0 rings (SSSR count). The van der Waals surface area contributed by atoms with E-state index in [9.17, 15) is 19.8 Å². The van der Waals surface area contributed by atoms with Crippen LogP contribution >= 0.6 is 0 Å². The maximum atomic E-state index is 12.6. The van der Waals surface area contributed by atoms with Gasteiger partial charge in [-0.2, -0.15) is 0 Å². The first kappa shape index (κ1) is 89.3. The second kappa shape index (κ2) is 80.8. The van der Waals surface area contributed by atoms with E-state index in [4.69, 9.17) is 4.74 Å². The Kier molecular flexibility index (Phi) is 79.3. The number of rotatable bonds is 80. The third kappa shape index (κ3) is 77.2. The minimum Gasteiger partial charge on any atom is -0.466 e. The third-order valence-electron chi connectivity index (χ3n) is 20.0. The number of unbranched alkanes of at least 4 members (excludes halogenated alkanes) is 65. The van der Waals surface area contributed by atoms with Gasteiger partial charge in [0, 0.05) is 12.8 Å². The lowest BCUT2D eigenvalue weighted by molar-refractivity contribution is -0.143. The summed E-state index contributed by atoms with van der Waals surface area (Å²) in [7, 11) is 0. The van der Waals surface area contributed by atoms with Crippen molar-refractivity contribution in [3.63, 3.8) is 0 Å². The molecule has 540 valence electrons. The van der Waals surface area contributed by atoms with Crippen LogP contribution in [0.2, 0.25) is 0 Å². The van der Waals surface area contributed by atoms with Crippen molar-refractivity contribution in [1.29, 1.82) is 0 Å². The average Bonchev–Trinajstić information content (AvgIpc) is 3.76. The normalized spacial score (nSPS) is 12.5. The Morgan fingerprint density at radius 1 is 0.308 bits per heavy atom. The zero-order valence-corrected chi connectivity index (χ0v) is 62.1. The summed E-state index contributed by atoms with van der Waals surface area (Å²) >= 11 is 0. The second-order valence-corrected chi connectivity index (χ2v) is 29.2. The van der Waals surface area contributed by atoms with Crippen LogP contribution in [0.1, 0.15) is 483 Å². The molecule has 1 amide bonds. The zero-order valence-electron chi connectivity index (χ0n) is 62.1. The Morgan fingerprint density at radius 2 is 0.549 bits per heavy atom. The second-order valence-electron chi connectivity index (χ2n) is 29.2. The van der Waals surface area contributed by atoms with Crippen molar-refractivity contribution in [3.8, 4) is 0 Å². The molecule has 0 aromatic rings. The van der Waals surface area contributed by atoms with Crippen LogP contribution in [0, 0.1) is 0 Å². The summed E-state index contributed by atoms with van der Waals surface area (Å²) in [5.41, 5.74) is 0. The monoisotopic (exact) mass is 1280 g/mol. The maximum Gasteiger partial charge on any atom is 0.305 e. The van der Waals surface area contributed by atoms with Crippen molar-refractivity contribution in [2.24, 2.45) is 0 Å². The first-order valence-corrected chi connectivity index (χ1v) is 42.1. The third-order valence-corrected chi connectivity index (χ3v) is 20.0. The van der Waals surface area contributed by atoms with E-state index >= 15 is 0 Å². The van der Waals surface area contributed by atoms with E-state index in [0.717, 1.165) is 44.9 Å². The highest BCUT2D eigenvalue weighted by Gasteiger charge is 2.20. The van der Waals surface area contributed by atoms with Crippen LogP contribution in [0.4, 0.5) is 0 Å². The molecule has 6 heteroatoms. The molecule has 0 heterocycles. The van der Waals surface area contributed by atoms with Gasteiger partial charge >= 0.3 is 5.97 Å². The fourth-order valence-corrected chi connectivity index (χ4v) is 13.6. The lowest BCUT2D eigenvalue weighted by atomic mass is 10.0. The quantitative estimate of drug-likeness (QED) is 0.0320. The van der Waals surface area contributed by atoms with Crippen molar-refractivity contribution in [2.45, 2.75) is 495 Å². The summed E-state index contributed by atoms with van der Waals surface area (Å²) < 4.78 is 5.49. The Hall–Kier alpha value is -1.66. The number of carbonyl (C=O) groups excluding carboxylic acids is 2. The molecular formula is C85H165NO5. The number of esters is 1. The van der Waals surface area contributed by atoms with Gasteiger partial charge in [0.05, 0.1) is 25.4 Å². The van der Waals surface area contributed by atoms with Crippen LogP contribution in [0.3, 0.4) is 0 Å². The van der Waals surface area contributed by atoms with Gasteiger partial charge in [-0.15, -0.1) is 0 Å². The number of amides is 1. The molecule has 0 aromatic carbocycles. The van der Waals surface area contributed by atoms with Crippen molar-refractivity contribution < 1.29 is 24.5 Å². The summed E-state index contributed by atoms with van der Waals surface area (Å²) in [6.45, 7) is 5.01. The molecule has 0 radical (unpaired) electrons. The minimum atomic E-state index is -0.664. The molecule has 0 fully saturated rings. The fraction of sp³-hybridized carbons (Fsp3) is 0.929. The number of ether oxygens (including phenoxy) is 1. The van der Waals surface area contributed by atoms with E-state index < -0.39 is 12.1 Å². The summed E-state index contributed by atoms with van der Waals surface area (Å²) in [6, 6.07) is -0.541. The molecular weight excluding hydrogens is 1110 g/mol. The number of hydrogen-bond acceptors (Lipinski definition) is 5. The number of aliphatic hydroxyl groups excluding tert-OH is 2. The van der Waals surface area contributed by atoms with Crippen LogP contribution in [-0.4, -0.2) is 47.4 Å². The van der Waals surface area contributed by atoms with Crippen LogP contribution in [0.25, 0.3) is 0 Å². The van der Waals surface area contributed by atoms with Crippen LogP contribution in [-0.2, 0) is 14.3 Å². The maximum absolute atomic E-state index is 12.6. The molecule has 2 unspecified atom stereocenters. The van der Waals surface area contributed by atoms with Crippen LogP contribution in [0.5, 0.6) is 0 Å². The first-order valence-electron chi connectivity index (χ1n) is 42.1. The van der Waals surface area contributed by atoms with Crippen molar-refractivity contribution in [1.82, 2.24) is 5.32 Å². The number of allylic oxidation sites excluding steroid dienone is 4. The van der Waals surface area contributed by atoms with E-state index in [0.29, 0.717) is 25.9 Å². The van der Waals surface area contributed by atoms with Crippen molar-refractivity contribution in [3.05, 3.63) is 24.3 Å². The molecule has 3 N–H and O–H groups in total. The topological polar surface area (TPSA) is 95.9 Å². The highest BCUT2D eigenvalue weighted by molar-refractivity contribution is 5.76. The molecule has 0 aliphatic carbocycles. The fourth-order valence-electron chi connectivity index (χ4n) is 13.6. The lowest BCUT2D eigenvalue weighted by Crippen LogP contribution is -2.45. The van der Waals surface area contributed by atoms with E-state index in [1.807, 2.05) is 0 Å². The smallest absolute Gasteiger partial charge is 0.305 e. The van der Waals surface area contributed by atoms with Crippen LogP contribution < -0.4 is 5.32 Å². The Morgan fingerprint density at radius 3 is 0.835 bits per heavy atom. The lowest BCUT2D eigenvalue weighted by Gasteiger charge is -2.22. The van der Waals surface area contributed by atoms with E-state index in [2.05, 4.69) is 43.5 Å². The highest BCUT2D eigenvalue weighted by Crippen LogP contribution is 2.21. The molecule has 0 spiro atoms. The summed E-state index contributed by atoms with van der Waals surface area (Å²) in [5.74, 6) is -0.00544. The molecule has 6 nitrogen and oxygen atoms in total. The van der Waals surface area contributed by atoms with E-state index in [-0.39, 0.29) is 18.5 Å².